The number of hydrogen-bond acceptors (Lipinski definition) is 4. The van der Waals surface area contributed by atoms with Crippen molar-refractivity contribution in [3.63, 3.8) is 0 Å². The number of ether oxygens (including phenoxy) is 1. The Kier molecular flexibility index (Phi) is 3.33. The summed E-state index contributed by atoms with van der Waals surface area (Å²) < 4.78 is 5.80. The summed E-state index contributed by atoms with van der Waals surface area (Å²) in [7, 11) is 1.63. The molecule has 0 radical (unpaired) electrons. The second-order valence-electron chi connectivity index (χ2n) is 4.56. The molecule has 1 aliphatic heterocycles. The van der Waals surface area contributed by atoms with Gasteiger partial charge in [0.2, 0.25) is 0 Å². The molecule has 0 atom stereocenters. The first-order valence-electron chi connectivity index (χ1n) is 6.10. The molecule has 0 aromatic heterocycles. The number of carbonyl (C=O) groups is 1. The zero-order valence-corrected chi connectivity index (χ0v) is 12.1. The van der Waals surface area contributed by atoms with Gasteiger partial charge in [-0.1, -0.05) is 36.1 Å². The van der Waals surface area contributed by atoms with Gasteiger partial charge in [-0.2, -0.15) is 0 Å². The van der Waals surface area contributed by atoms with E-state index in [1.807, 2.05) is 30.3 Å². The Labute approximate surface area is 121 Å². The minimum Gasteiger partial charge on any atom is -0.497 e. The second-order valence-corrected chi connectivity index (χ2v) is 6.23. The predicted molar refractivity (Wildman–Crippen MR) is 81.0 cm³/mol. The van der Waals surface area contributed by atoms with Crippen LogP contribution in [-0.4, -0.2) is 28.3 Å². The number of rotatable bonds is 3. The molecule has 3 nitrogen and oxygen atoms in total. The van der Waals surface area contributed by atoms with E-state index >= 15 is 0 Å². The van der Waals surface area contributed by atoms with Gasteiger partial charge in [-0.15, -0.1) is 0 Å². The van der Waals surface area contributed by atoms with E-state index in [1.165, 1.54) is 11.8 Å². The lowest BCUT2D eigenvalue weighted by Gasteiger charge is -2.11. The average Bonchev–Trinajstić information content (AvgIpc) is 3.19. The summed E-state index contributed by atoms with van der Waals surface area (Å²) in [5, 5.41) is 0. The van der Waals surface area contributed by atoms with Gasteiger partial charge in [-0.3, -0.25) is 9.69 Å². The Morgan fingerprint density at radius 2 is 2.05 bits per heavy atom. The molecule has 1 aromatic rings. The fourth-order valence-electron chi connectivity index (χ4n) is 1.98. The highest BCUT2D eigenvalue weighted by Gasteiger charge is 2.41. The molecule has 0 spiro atoms. The smallest absolute Gasteiger partial charge is 0.266 e. The molecule has 0 N–H and O–H groups in total. The van der Waals surface area contributed by atoms with Crippen molar-refractivity contribution in [1.29, 1.82) is 0 Å². The molecular formula is C14H13NO2S2. The van der Waals surface area contributed by atoms with Gasteiger partial charge < -0.3 is 4.74 Å². The van der Waals surface area contributed by atoms with Crippen LogP contribution in [0.15, 0.2) is 29.2 Å². The summed E-state index contributed by atoms with van der Waals surface area (Å²) in [6.07, 6.45) is 4.03. The highest BCUT2D eigenvalue weighted by molar-refractivity contribution is 8.26. The van der Waals surface area contributed by atoms with E-state index in [-0.39, 0.29) is 5.91 Å². The van der Waals surface area contributed by atoms with Crippen molar-refractivity contribution in [3.05, 3.63) is 34.7 Å². The number of thiocarbonyl (C=S) groups is 1. The summed E-state index contributed by atoms with van der Waals surface area (Å²) >= 11 is 6.67. The largest absolute Gasteiger partial charge is 0.497 e. The molecule has 98 valence electrons. The average molecular weight is 291 g/mol. The third-order valence-corrected chi connectivity index (χ3v) is 4.48. The van der Waals surface area contributed by atoms with E-state index in [9.17, 15) is 4.79 Å². The van der Waals surface area contributed by atoms with Crippen LogP contribution in [0.5, 0.6) is 5.75 Å². The molecule has 0 bridgehead atoms. The summed E-state index contributed by atoms with van der Waals surface area (Å²) in [6, 6.07) is 7.97. The number of nitrogens with zero attached hydrogens (tertiary/aromatic N) is 1. The Morgan fingerprint density at radius 1 is 1.37 bits per heavy atom. The zero-order valence-electron chi connectivity index (χ0n) is 10.5. The number of amides is 1. The SMILES string of the molecule is COc1ccc(/C=C2\SC(=S)N(C3CC3)C2=O)cc1. The van der Waals surface area contributed by atoms with Crippen molar-refractivity contribution in [2.75, 3.05) is 7.11 Å². The first-order valence-corrected chi connectivity index (χ1v) is 7.32. The van der Waals surface area contributed by atoms with Crippen LogP contribution in [0, 0.1) is 0 Å². The van der Waals surface area contributed by atoms with E-state index in [4.69, 9.17) is 17.0 Å². The molecule has 1 aliphatic carbocycles. The zero-order chi connectivity index (χ0) is 13.4. The topological polar surface area (TPSA) is 29.5 Å². The van der Waals surface area contributed by atoms with Gasteiger partial charge in [0.15, 0.2) is 0 Å². The van der Waals surface area contributed by atoms with Crippen molar-refractivity contribution in [2.24, 2.45) is 0 Å². The molecule has 1 heterocycles. The molecule has 1 amide bonds. The summed E-state index contributed by atoms with van der Waals surface area (Å²) in [5.41, 5.74) is 0.983. The standard InChI is InChI=1S/C14H13NO2S2/c1-17-11-6-2-9(3-7-11)8-12-13(16)15(10-4-5-10)14(18)19-12/h2-3,6-8,10H,4-5H2,1H3/b12-8-. The summed E-state index contributed by atoms with van der Waals surface area (Å²) in [5.74, 6) is 0.857. The van der Waals surface area contributed by atoms with Crippen LogP contribution in [0.1, 0.15) is 18.4 Å². The summed E-state index contributed by atoms with van der Waals surface area (Å²) in [4.78, 5) is 14.7. The van der Waals surface area contributed by atoms with Gasteiger partial charge >= 0.3 is 0 Å². The van der Waals surface area contributed by atoms with Crippen molar-refractivity contribution in [2.45, 2.75) is 18.9 Å². The van der Waals surface area contributed by atoms with Gasteiger partial charge in [-0.05, 0) is 36.6 Å². The van der Waals surface area contributed by atoms with E-state index < -0.39 is 0 Å². The van der Waals surface area contributed by atoms with E-state index in [0.29, 0.717) is 15.3 Å². The molecule has 19 heavy (non-hydrogen) atoms. The van der Waals surface area contributed by atoms with Gasteiger partial charge in [0, 0.05) is 6.04 Å². The fraction of sp³-hybridized carbons (Fsp3) is 0.286. The van der Waals surface area contributed by atoms with Crippen molar-refractivity contribution >= 4 is 40.3 Å². The number of carbonyl (C=O) groups excluding carboxylic acids is 1. The monoisotopic (exact) mass is 291 g/mol. The van der Waals surface area contributed by atoms with Gasteiger partial charge in [-0.25, -0.2) is 0 Å². The molecule has 2 aliphatic rings. The molecule has 3 rings (SSSR count). The Hall–Kier alpha value is -1.33. The molecule has 2 fully saturated rings. The van der Waals surface area contributed by atoms with Crippen molar-refractivity contribution in [3.8, 4) is 5.75 Å². The Balaban J connectivity index is 1.83. The third-order valence-electron chi connectivity index (χ3n) is 3.15. The quantitative estimate of drug-likeness (QED) is 0.632. The normalized spacial score (nSPS) is 21.3. The first kappa shape index (κ1) is 12.7. The maximum atomic E-state index is 12.2. The molecule has 1 saturated carbocycles. The lowest BCUT2D eigenvalue weighted by molar-refractivity contribution is -0.122. The van der Waals surface area contributed by atoms with Crippen molar-refractivity contribution < 1.29 is 9.53 Å². The van der Waals surface area contributed by atoms with Crippen molar-refractivity contribution in [1.82, 2.24) is 4.90 Å². The Morgan fingerprint density at radius 3 is 2.63 bits per heavy atom. The lowest BCUT2D eigenvalue weighted by atomic mass is 10.2. The minimum absolute atomic E-state index is 0.0494. The van der Waals surface area contributed by atoms with Crippen LogP contribution in [0.4, 0.5) is 0 Å². The van der Waals surface area contributed by atoms with E-state index in [0.717, 1.165) is 24.2 Å². The Bertz CT molecular complexity index is 561. The third kappa shape index (κ3) is 2.53. The molecule has 0 unspecified atom stereocenters. The predicted octanol–water partition coefficient (Wildman–Crippen LogP) is 3.06. The van der Waals surface area contributed by atoms with Crippen LogP contribution in [-0.2, 0) is 4.79 Å². The molecule has 5 heteroatoms. The lowest BCUT2D eigenvalue weighted by Crippen LogP contribution is -2.30. The molecule has 1 saturated heterocycles. The number of benzene rings is 1. The maximum absolute atomic E-state index is 12.2. The van der Waals surface area contributed by atoms with E-state index in [2.05, 4.69) is 0 Å². The van der Waals surface area contributed by atoms with Crippen LogP contribution in [0.3, 0.4) is 0 Å². The number of methoxy groups -OCH3 is 1. The number of hydrogen-bond donors (Lipinski definition) is 0. The number of thioether (sulfide) groups is 1. The second kappa shape index (κ2) is 4.98. The van der Waals surface area contributed by atoms with Gasteiger partial charge in [0.25, 0.3) is 5.91 Å². The van der Waals surface area contributed by atoms with E-state index in [1.54, 1.807) is 12.0 Å². The summed E-state index contributed by atoms with van der Waals surface area (Å²) in [6.45, 7) is 0. The molecule has 1 aromatic carbocycles. The van der Waals surface area contributed by atoms with Crippen LogP contribution in [0.2, 0.25) is 0 Å². The highest BCUT2D eigenvalue weighted by Crippen LogP contribution is 2.40. The van der Waals surface area contributed by atoms with Gasteiger partial charge in [0.05, 0.1) is 12.0 Å². The van der Waals surface area contributed by atoms with Gasteiger partial charge in [0.1, 0.15) is 10.1 Å². The molecular weight excluding hydrogens is 278 g/mol. The minimum atomic E-state index is 0.0494. The van der Waals surface area contributed by atoms with Crippen LogP contribution >= 0.6 is 24.0 Å². The highest BCUT2D eigenvalue weighted by atomic mass is 32.2. The first-order chi connectivity index (χ1) is 9.19. The fourth-order valence-corrected chi connectivity index (χ4v) is 3.38. The maximum Gasteiger partial charge on any atom is 0.266 e. The van der Waals surface area contributed by atoms with Crippen LogP contribution < -0.4 is 4.74 Å². The van der Waals surface area contributed by atoms with Crippen LogP contribution in [0.25, 0.3) is 6.08 Å².